The van der Waals surface area contributed by atoms with Gasteiger partial charge in [0.25, 0.3) is 0 Å². The van der Waals surface area contributed by atoms with Gasteiger partial charge in [0, 0.05) is 6.42 Å². The third-order valence-electron chi connectivity index (χ3n) is 3.78. The molecule has 0 fully saturated rings. The first-order valence-electron chi connectivity index (χ1n) is 8.04. The molecular weight excluding hydrogens is 328 g/mol. The van der Waals surface area contributed by atoms with Crippen molar-refractivity contribution in [3.05, 3.63) is 29.8 Å². The molecule has 0 amide bonds. The van der Waals surface area contributed by atoms with Crippen LogP contribution in [0.25, 0.3) is 0 Å². The lowest BCUT2D eigenvalue weighted by atomic mass is 9.92. The van der Waals surface area contributed by atoms with Crippen LogP contribution in [0.15, 0.2) is 24.3 Å². The van der Waals surface area contributed by atoms with Crippen LogP contribution in [-0.4, -0.2) is 43.3 Å². The maximum absolute atomic E-state index is 12.1. The molecule has 1 aromatic carbocycles. The second-order valence-electron chi connectivity index (χ2n) is 5.57. The van der Waals surface area contributed by atoms with Gasteiger partial charge in [-0.2, -0.15) is 0 Å². The fraction of sp³-hybridized carbons (Fsp3) is 0.500. The highest BCUT2D eigenvalue weighted by atomic mass is 16.6. The molecular formula is C18H24O7. The number of hydrogen-bond donors (Lipinski definition) is 1. The van der Waals surface area contributed by atoms with Crippen LogP contribution in [0.4, 0.5) is 0 Å². The lowest BCUT2D eigenvalue weighted by Gasteiger charge is -2.18. The van der Waals surface area contributed by atoms with Gasteiger partial charge in [-0.3, -0.25) is 9.59 Å². The van der Waals surface area contributed by atoms with Crippen LogP contribution in [0.1, 0.15) is 37.0 Å². The molecule has 7 heteroatoms. The summed E-state index contributed by atoms with van der Waals surface area (Å²) in [5.74, 6) is -1.64. The monoisotopic (exact) mass is 352 g/mol. The van der Waals surface area contributed by atoms with Crippen LogP contribution in [0.2, 0.25) is 0 Å². The zero-order valence-electron chi connectivity index (χ0n) is 14.7. The number of rotatable bonds is 10. The Labute approximate surface area is 146 Å². The minimum absolute atomic E-state index is 0.0738. The van der Waals surface area contributed by atoms with E-state index in [4.69, 9.17) is 14.6 Å². The van der Waals surface area contributed by atoms with E-state index in [1.54, 1.807) is 13.8 Å². The van der Waals surface area contributed by atoms with Gasteiger partial charge in [0.05, 0.1) is 24.5 Å². The number of aliphatic hydroxyl groups excluding tert-OH is 1. The first-order valence-corrected chi connectivity index (χ1v) is 8.04. The molecule has 0 saturated heterocycles. The number of ketones is 1. The predicted molar refractivity (Wildman–Crippen MR) is 89.0 cm³/mol. The molecule has 7 nitrogen and oxygen atoms in total. The molecule has 0 heterocycles. The number of ether oxygens (including phenoxy) is 3. The largest absolute Gasteiger partial charge is 0.469 e. The van der Waals surface area contributed by atoms with E-state index < -0.39 is 30.6 Å². The van der Waals surface area contributed by atoms with Crippen molar-refractivity contribution < 1.29 is 33.7 Å². The van der Waals surface area contributed by atoms with E-state index in [0.29, 0.717) is 17.7 Å². The highest BCUT2D eigenvalue weighted by molar-refractivity contribution is 5.90. The van der Waals surface area contributed by atoms with Crippen LogP contribution in [0.5, 0.6) is 5.75 Å². The summed E-state index contributed by atoms with van der Waals surface area (Å²) in [6.07, 6.45) is 0.555. The molecule has 0 aromatic heterocycles. The molecule has 0 aliphatic heterocycles. The van der Waals surface area contributed by atoms with Gasteiger partial charge in [-0.15, -0.1) is 0 Å². The molecule has 0 aliphatic rings. The van der Waals surface area contributed by atoms with E-state index in [9.17, 15) is 14.4 Å². The van der Waals surface area contributed by atoms with Crippen molar-refractivity contribution >= 4 is 17.7 Å². The smallest absolute Gasteiger partial charge is 0.338 e. The maximum atomic E-state index is 12.1. The van der Waals surface area contributed by atoms with Crippen LogP contribution in [0, 0.1) is 11.8 Å². The van der Waals surface area contributed by atoms with Gasteiger partial charge in [-0.05, 0) is 30.7 Å². The molecule has 1 N–H and O–H groups in total. The van der Waals surface area contributed by atoms with Crippen molar-refractivity contribution in [1.29, 1.82) is 0 Å². The molecule has 1 rings (SSSR count). The van der Waals surface area contributed by atoms with Gasteiger partial charge in [0.15, 0.2) is 6.79 Å². The molecule has 2 unspecified atom stereocenters. The second-order valence-corrected chi connectivity index (χ2v) is 5.57. The molecule has 2 atom stereocenters. The predicted octanol–water partition coefficient (Wildman–Crippen LogP) is 1.97. The summed E-state index contributed by atoms with van der Waals surface area (Å²) in [6, 6.07) is 6.06. The first-order chi connectivity index (χ1) is 11.9. The van der Waals surface area contributed by atoms with Crippen LogP contribution in [0.3, 0.4) is 0 Å². The number of hydrogen-bond acceptors (Lipinski definition) is 7. The molecule has 1 aromatic rings. The van der Waals surface area contributed by atoms with E-state index >= 15 is 0 Å². The van der Waals surface area contributed by atoms with E-state index in [1.165, 1.54) is 31.4 Å². The minimum Gasteiger partial charge on any atom is -0.469 e. The molecule has 0 saturated carbocycles. The Morgan fingerprint density at radius 2 is 1.80 bits per heavy atom. The number of benzene rings is 1. The summed E-state index contributed by atoms with van der Waals surface area (Å²) >= 11 is 0. The summed E-state index contributed by atoms with van der Waals surface area (Å²) in [7, 11) is 1.29. The van der Waals surface area contributed by atoms with Crippen LogP contribution < -0.4 is 4.74 Å². The molecule has 0 spiro atoms. The first kappa shape index (κ1) is 20.6. The zero-order valence-corrected chi connectivity index (χ0v) is 14.7. The van der Waals surface area contributed by atoms with Crippen molar-refractivity contribution in [3.8, 4) is 5.75 Å². The van der Waals surface area contributed by atoms with Crippen LogP contribution >= 0.6 is 0 Å². The van der Waals surface area contributed by atoms with Gasteiger partial charge < -0.3 is 19.3 Å². The van der Waals surface area contributed by atoms with Crippen molar-refractivity contribution in [2.45, 2.75) is 26.7 Å². The number of methoxy groups -OCH3 is 1. The topological polar surface area (TPSA) is 99.1 Å². The molecule has 0 aliphatic carbocycles. The summed E-state index contributed by atoms with van der Waals surface area (Å²) in [6.45, 7) is 2.84. The third kappa shape index (κ3) is 6.54. The second kappa shape index (κ2) is 10.5. The Balaban J connectivity index is 2.66. The summed E-state index contributed by atoms with van der Waals surface area (Å²) in [5.41, 5.74) is 0.300. The molecule has 0 radical (unpaired) electrons. The van der Waals surface area contributed by atoms with Gasteiger partial charge in [0.2, 0.25) is 0 Å². The number of esters is 2. The normalized spacial score (nSPS) is 12.8. The van der Waals surface area contributed by atoms with Gasteiger partial charge >= 0.3 is 11.9 Å². The van der Waals surface area contributed by atoms with Crippen molar-refractivity contribution in [3.63, 3.8) is 0 Å². The Bertz CT molecular complexity index is 580. The summed E-state index contributed by atoms with van der Waals surface area (Å²) in [5, 5.41) is 8.67. The van der Waals surface area contributed by atoms with Gasteiger partial charge in [-0.1, -0.05) is 13.8 Å². The van der Waals surface area contributed by atoms with E-state index in [1.807, 2.05) is 0 Å². The summed E-state index contributed by atoms with van der Waals surface area (Å²) < 4.78 is 14.8. The maximum Gasteiger partial charge on any atom is 0.338 e. The SMILES string of the molecule is CCC(=O)C(COC(=O)c1ccc(OCO)cc1)CC(C)C(=O)OC. The highest BCUT2D eigenvalue weighted by Crippen LogP contribution is 2.18. The highest BCUT2D eigenvalue weighted by Gasteiger charge is 2.25. The standard InChI is InChI=1S/C18H24O7/c1-4-16(20)14(9-12(2)17(21)23-3)10-24-18(22)13-5-7-15(8-6-13)25-11-19/h5-8,12,14,19H,4,9-11H2,1-3H3. The number of carbonyl (C=O) groups is 3. The molecule has 0 bridgehead atoms. The minimum atomic E-state index is -0.574. The van der Waals surface area contributed by atoms with Crippen molar-refractivity contribution in [2.24, 2.45) is 11.8 Å². The third-order valence-corrected chi connectivity index (χ3v) is 3.78. The van der Waals surface area contributed by atoms with E-state index in [2.05, 4.69) is 4.74 Å². The summed E-state index contributed by atoms with van der Waals surface area (Å²) in [4.78, 5) is 35.7. The molecule has 25 heavy (non-hydrogen) atoms. The number of carbonyl (C=O) groups excluding carboxylic acids is 3. The fourth-order valence-corrected chi connectivity index (χ4v) is 2.33. The average Bonchev–Trinajstić information content (AvgIpc) is 2.64. The van der Waals surface area contributed by atoms with Crippen molar-refractivity contribution in [2.75, 3.05) is 20.5 Å². The Kier molecular flexibility index (Phi) is 8.63. The lowest BCUT2D eigenvalue weighted by Crippen LogP contribution is -2.26. The Hall–Kier alpha value is -2.41. The van der Waals surface area contributed by atoms with Crippen LogP contribution in [-0.2, 0) is 19.1 Å². The Morgan fingerprint density at radius 3 is 2.32 bits per heavy atom. The van der Waals surface area contributed by atoms with Gasteiger partial charge in [-0.25, -0.2) is 4.79 Å². The van der Waals surface area contributed by atoms with Gasteiger partial charge in [0.1, 0.15) is 18.1 Å². The Morgan fingerprint density at radius 1 is 1.16 bits per heavy atom. The van der Waals surface area contributed by atoms with Crippen molar-refractivity contribution in [1.82, 2.24) is 0 Å². The van der Waals surface area contributed by atoms with E-state index in [-0.39, 0.29) is 18.8 Å². The number of aliphatic hydroxyl groups is 1. The lowest BCUT2D eigenvalue weighted by molar-refractivity contribution is -0.145. The number of Topliss-reactive ketones (excluding diaryl/α,β-unsaturated/α-hetero) is 1. The molecule has 138 valence electrons. The zero-order chi connectivity index (χ0) is 18.8. The fourth-order valence-electron chi connectivity index (χ4n) is 2.33. The van der Waals surface area contributed by atoms with E-state index in [0.717, 1.165) is 0 Å². The quantitative estimate of drug-likeness (QED) is 0.507. The average molecular weight is 352 g/mol.